The van der Waals surface area contributed by atoms with Crippen molar-refractivity contribution in [2.45, 2.75) is 20.5 Å². The molecule has 0 saturated heterocycles. The molecule has 2 aromatic carbocycles. The molecule has 0 spiro atoms. The lowest BCUT2D eigenvalue weighted by molar-refractivity contribution is 0.141. The van der Waals surface area contributed by atoms with Crippen LogP contribution >= 0.6 is 0 Å². The molecule has 0 atom stereocenters. The van der Waals surface area contributed by atoms with Crippen LogP contribution in [-0.2, 0) is 11.3 Å². The molecule has 0 saturated carbocycles. The van der Waals surface area contributed by atoms with Gasteiger partial charge in [0.1, 0.15) is 12.4 Å². The number of methoxy groups -OCH3 is 1. The predicted molar refractivity (Wildman–Crippen MR) is 94.0 cm³/mol. The minimum Gasteiger partial charge on any atom is -0.496 e. The number of carbonyl (C=O) groups is 1. The van der Waals surface area contributed by atoms with Crippen molar-refractivity contribution >= 4 is 6.09 Å². The molecule has 0 bridgehead atoms. The topological polar surface area (TPSA) is 47.6 Å². The van der Waals surface area contributed by atoms with Gasteiger partial charge in [-0.2, -0.15) is 0 Å². The molecule has 0 unspecified atom stereocenters. The molecule has 0 radical (unpaired) electrons. The Hall–Kier alpha value is -2.93. The highest BCUT2D eigenvalue weighted by Gasteiger charge is 2.04. The lowest BCUT2D eigenvalue weighted by atomic mass is 10.1. The molecular formula is C20H21NO3. The average Bonchev–Trinajstić information content (AvgIpc) is 2.57. The van der Waals surface area contributed by atoms with Crippen LogP contribution in [0.15, 0.2) is 42.5 Å². The van der Waals surface area contributed by atoms with Crippen molar-refractivity contribution in [3.8, 4) is 17.6 Å². The lowest BCUT2D eigenvalue weighted by Crippen LogP contribution is -2.24. The second kappa shape index (κ2) is 8.64. The third-order valence-corrected chi connectivity index (χ3v) is 3.43. The van der Waals surface area contributed by atoms with E-state index in [1.165, 1.54) is 0 Å². The summed E-state index contributed by atoms with van der Waals surface area (Å²) in [6.07, 6.45) is -0.477. The monoisotopic (exact) mass is 323 g/mol. The molecule has 4 nitrogen and oxygen atoms in total. The fourth-order valence-electron chi connectivity index (χ4n) is 2.38. The Morgan fingerprint density at radius 3 is 2.42 bits per heavy atom. The van der Waals surface area contributed by atoms with E-state index in [1.807, 2.05) is 56.3 Å². The van der Waals surface area contributed by atoms with Crippen LogP contribution in [0, 0.1) is 25.7 Å². The van der Waals surface area contributed by atoms with Crippen molar-refractivity contribution in [1.29, 1.82) is 0 Å². The van der Waals surface area contributed by atoms with E-state index in [0.29, 0.717) is 0 Å². The summed E-state index contributed by atoms with van der Waals surface area (Å²) < 4.78 is 10.4. The Bertz CT molecular complexity index is 734. The Labute approximate surface area is 142 Å². The molecule has 0 aliphatic heterocycles. The molecule has 0 aliphatic carbocycles. The zero-order chi connectivity index (χ0) is 17.4. The van der Waals surface area contributed by atoms with Gasteiger partial charge < -0.3 is 14.8 Å². The first-order valence-corrected chi connectivity index (χ1v) is 7.69. The number of carbonyl (C=O) groups excluding carboxylic acids is 1. The summed E-state index contributed by atoms with van der Waals surface area (Å²) in [6.45, 7) is 4.45. The molecule has 124 valence electrons. The summed E-state index contributed by atoms with van der Waals surface area (Å²) in [6, 6.07) is 13.5. The third kappa shape index (κ3) is 5.06. The number of benzene rings is 2. The number of hydrogen-bond acceptors (Lipinski definition) is 3. The van der Waals surface area contributed by atoms with E-state index < -0.39 is 6.09 Å². The van der Waals surface area contributed by atoms with Crippen molar-refractivity contribution in [3.05, 3.63) is 64.7 Å². The van der Waals surface area contributed by atoms with E-state index in [9.17, 15) is 4.79 Å². The summed E-state index contributed by atoms with van der Waals surface area (Å²) in [5.74, 6) is 6.83. The van der Waals surface area contributed by atoms with Crippen molar-refractivity contribution < 1.29 is 14.3 Å². The zero-order valence-electron chi connectivity index (χ0n) is 14.2. The maximum absolute atomic E-state index is 11.6. The van der Waals surface area contributed by atoms with Gasteiger partial charge >= 0.3 is 6.09 Å². The average molecular weight is 323 g/mol. The first kappa shape index (κ1) is 17.4. The van der Waals surface area contributed by atoms with E-state index in [0.717, 1.165) is 28.0 Å². The molecule has 24 heavy (non-hydrogen) atoms. The summed E-state index contributed by atoms with van der Waals surface area (Å²) in [5, 5.41) is 2.62. The zero-order valence-corrected chi connectivity index (χ0v) is 14.2. The van der Waals surface area contributed by atoms with E-state index in [-0.39, 0.29) is 13.2 Å². The van der Waals surface area contributed by atoms with Crippen molar-refractivity contribution in [2.75, 3.05) is 13.7 Å². The fourth-order valence-corrected chi connectivity index (χ4v) is 2.38. The SMILES string of the molecule is COc1c(C)cc(C#CCNC(=O)OCc2ccccc2)cc1C. The Kier molecular flexibility index (Phi) is 6.27. The Morgan fingerprint density at radius 1 is 1.12 bits per heavy atom. The summed E-state index contributed by atoms with van der Waals surface area (Å²) in [7, 11) is 1.66. The van der Waals surface area contributed by atoms with Gasteiger partial charge in [0.05, 0.1) is 13.7 Å². The predicted octanol–water partition coefficient (Wildman–Crippen LogP) is 3.59. The number of amides is 1. The van der Waals surface area contributed by atoms with Gasteiger partial charge in [-0.15, -0.1) is 0 Å². The second-order valence-corrected chi connectivity index (χ2v) is 5.36. The maximum atomic E-state index is 11.6. The minimum absolute atomic E-state index is 0.234. The van der Waals surface area contributed by atoms with Gasteiger partial charge in [0.15, 0.2) is 0 Å². The molecule has 0 fully saturated rings. The van der Waals surface area contributed by atoms with Crippen LogP contribution in [0.2, 0.25) is 0 Å². The quantitative estimate of drug-likeness (QED) is 0.875. The Morgan fingerprint density at radius 2 is 1.79 bits per heavy atom. The third-order valence-electron chi connectivity index (χ3n) is 3.43. The molecule has 0 aromatic heterocycles. The van der Waals surface area contributed by atoms with Gasteiger partial charge in [-0.25, -0.2) is 4.79 Å². The van der Waals surface area contributed by atoms with Gasteiger partial charge in [0, 0.05) is 5.56 Å². The first-order chi connectivity index (χ1) is 11.6. The van der Waals surface area contributed by atoms with Gasteiger partial charge in [0.25, 0.3) is 0 Å². The number of alkyl carbamates (subject to hydrolysis) is 1. The van der Waals surface area contributed by atoms with Crippen LogP contribution in [0.3, 0.4) is 0 Å². The van der Waals surface area contributed by atoms with Crippen LogP contribution in [0.1, 0.15) is 22.3 Å². The highest BCUT2D eigenvalue weighted by molar-refractivity contribution is 5.67. The normalized spacial score (nSPS) is 9.62. The van der Waals surface area contributed by atoms with Crippen LogP contribution in [-0.4, -0.2) is 19.7 Å². The summed E-state index contributed by atoms with van der Waals surface area (Å²) in [5.41, 5.74) is 3.92. The van der Waals surface area contributed by atoms with Gasteiger partial charge in [-0.1, -0.05) is 42.2 Å². The standard InChI is InChI=1S/C20H21NO3/c1-15-12-18(13-16(2)19(15)23-3)10-7-11-21-20(22)24-14-17-8-5-4-6-9-17/h4-6,8-9,12-13H,11,14H2,1-3H3,(H,21,22). The number of nitrogens with one attached hydrogen (secondary N) is 1. The van der Waals surface area contributed by atoms with Crippen LogP contribution in [0.25, 0.3) is 0 Å². The smallest absolute Gasteiger partial charge is 0.408 e. The van der Waals surface area contributed by atoms with Crippen molar-refractivity contribution in [1.82, 2.24) is 5.32 Å². The molecule has 1 N–H and O–H groups in total. The molecule has 2 aromatic rings. The molecule has 2 rings (SSSR count). The van der Waals surface area contributed by atoms with Gasteiger partial charge in [0.2, 0.25) is 0 Å². The highest BCUT2D eigenvalue weighted by atomic mass is 16.5. The number of aryl methyl sites for hydroxylation is 2. The van der Waals surface area contributed by atoms with Crippen LogP contribution in [0.5, 0.6) is 5.75 Å². The number of ether oxygens (including phenoxy) is 2. The van der Waals surface area contributed by atoms with E-state index in [4.69, 9.17) is 9.47 Å². The maximum Gasteiger partial charge on any atom is 0.408 e. The Balaban J connectivity index is 1.82. The highest BCUT2D eigenvalue weighted by Crippen LogP contribution is 2.23. The molecular weight excluding hydrogens is 302 g/mol. The fraction of sp³-hybridized carbons (Fsp3) is 0.250. The molecule has 4 heteroatoms. The molecule has 0 heterocycles. The van der Waals surface area contributed by atoms with E-state index >= 15 is 0 Å². The largest absolute Gasteiger partial charge is 0.496 e. The van der Waals surface area contributed by atoms with E-state index in [2.05, 4.69) is 17.2 Å². The molecule has 1 amide bonds. The van der Waals surface area contributed by atoms with Crippen LogP contribution in [0.4, 0.5) is 4.79 Å². The number of hydrogen-bond donors (Lipinski definition) is 1. The van der Waals surface area contributed by atoms with Crippen LogP contribution < -0.4 is 10.1 Å². The minimum atomic E-state index is -0.477. The molecule has 0 aliphatic rings. The lowest BCUT2D eigenvalue weighted by Gasteiger charge is -2.08. The van der Waals surface area contributed by atoms with Gasteiger partial charge in [-0.05, 0) is 42.7 Å². The van der Waals surface area contributed by atoms with Gasteiger partial charge in [-0.3, -0.25) is 0 Å². The second-order valence-electron chi connectivity index (χ2n) is 5.36. The summed E-state index contributed by atoms with van der Waals surface area (Å²) >= 11 is 0. The van der Waals surface area contributed by atoms with Crippen molar-refractivity contribution in [2.24, 2.45) is 0 Å². The summed E-state index contributed by atoms with van der Waals surface area (Å²) in [4.78, 5) is 11.6. The number of rotatable bonds is 4. The van der Waals surface area contributed by atoms with E-state index in [1.54, 1.807) is 7.11 Å². The van der Waals surface area contributed by atoms with Crippen molar-refractivity contribution in [3.63, 3.8) is 0 Å². The first-order valence-electron chi connectivity index (χ1n) is 7.69.